The number of hydrogen-bond donors (Lipinski definition) is 1. The molecule has 0 aliphatic rings. The minimum absolute atomic E-state index is 0.0227. The summed E-state index contributed by atoms with van der Waals surface area (Å²) in [4.78, 5) is 24.8. The van der Waals surface area contributed by atoms with Gasteiger partial charge < -0.3 is 5.73 Å². The Morgan fingerprint density at radius 1 is 1.00 bits per heavy atom. The van der Waals surface area contributed by atoms with Gasteiger partial charge in [0.25, 0.3) is 5.56 Å². The summed E-state index contributed by atoms with van der Waals surface area (Å²) in [6.07, 6.45) is 0. The number of halogens is 3. The molecular weight excluding hydrogens is 350 g/mol. The van der Waals surface area contributed by atoms with Gasteiger partial charge in [0.2, 0.25) is 0 Å². The van der Waals surface area contributed by atoms with Crippen molar-refractivity contribution in [3.63, 3.8) is 0 Å². The highest BCUT2D eigenvalue weighted by atomic mass is 35.5. The van der Waals surface area contributed by atoms with E-state index in [1.807, 2.05) is 0 Å². The lowest BCUT2D eigenvalue weighted by Crippen LogP contribution is -2.24. The molecule has 2 aromatic carbocycles. The second kappa shape index (κ2) is 6.49. The molecule has 0 unspecified atom stereocenters. The van der Waals surface area contributed by atoms with E-state index in [4.69, 9.17) is 17.3 Å². The molecule has 0 fully saturated rings. The zero-order valence-electron chi connectivity index (χ0n) is 12.7. The second-order valence-corrected chi connectivity index (χ2v) is 5.62. The smallest absolute Gasteiger partial charge is 0.256 e. The summed E-state index contributed by atoms with van der Waals surface area (Å²) < 4.78 is 28.2. The molecular formula is C18H11ClF2N2O2. The summed E-state index contributed by atoms with van der Waals surface area (Å²) in [7, 11) is 0. The third-order valence-electron chi connectivity index (χ3n) is 3.65. The predicted molar refractivity (Wildman–Crippen MR) is 91.3 cm³/mol. The zero-order chi connectivity index (χ0) is 18.1. The normalized spacial score (nSPS) is 10.7. The molecule has 3 rings (SSSR count). The Morgan fingerprint density at radius 3 is 2.40 bits per heavy atom. The molecule has 7 heteroatoms. The molecule has 3 aromatic rings. The number of ketones is 1. The van der Waals surface area contributed by atoms with E-state index in [1.54, 1.807) is 6.07 Å². The van der Waals surface area contributed by atoms with Crippen LogP contribution in [0.3, 0.4) is 0 Å². The van der Waals surface area contributed by atoms with Gasteiger partial charge >= 0.3 is 0 Å². The van der Waals surface area contributed by atoms with Crippen molar-refractivity contribution < 1.29 is 13.6 Å². The van der Waals surface area contributed by atoms with Crippen LogP contribution in [0, 0.1) is 11.6 Å². The molecule has 4 nitrogen and oxygen atoms in total. The van der Waals surface area contributed by atoms with E-state index in [0.29, 0.717) is 0 Å². The Labute approximate surface area is 146 Å². The summed E-state index contributed by atoms with van der Waals surface area (Å²) in [6, 6.07) is 11.4. The first-order valence-corrected chi connectivity index (χ1v) is 7.54. The number of nitrogens with two attached hydrogens (primary N) is 1. The van der Waals surface area contributed by atoms with E-state index in [9.17, 15) is 18.4 Å². The van der Waals surface area contributed by atoms with E-state index < -0.39 is 23.0 Å². The van der Waals surface area contributed by atoms with Crippen LogP contribution < -0.4 is 11.3 Å². The monoisotopic (exact) mass is 360 g/mol. The van der Waals surface area contributed by atoms with Gasteiger partial charge in [0.05, 0.1) is 16.3 Å². The molecule has 0 aliphatic heterocycles. The average Bonchev–Trinajstić information content (AvgIpc) is 2.58. The maximum atomic E-state index is 14.0. The van der Waals surface area contributed by atoms with Crippen molar-refractivity contribution in [1.82, 2.24) is 4.57 Å². The number of aromatic nitrogens is 1. The highest BCUT2D eigenvalue weighted by molar-refractivity contribution is 6.31. The Bertz CT molecular complexity index is 1050. The molecule has 126 valence electrons. The summed E-state index contributed by atoms with van der Waals surface area (Å²) >= 11 is 5.70. The quantitative estimate of drug-likeness (QED) is 0.726. The van der Waals surface area contributed by atoms with Crippen LogP contribution in [0.15, 0.2) is 59.4 Å². The second-order valence-electron chi connectivity index (χ2n) is 5.22. The molecule has 2 N–H and O–H groups in total. The van der Waals surface area contributed by atoms with Crippen molar-refractivity contribution in [3.8, 4) is 5.69 Å². The summed E-state index contributed by atoms with van der Waals surface area (Å²) in [6.45, 7) is 0. The number of benzene rings is 2. The summed E-state index contributed by atoms with van der Waals surface area (Å²) in [5.41, 5.74) is 5.37. The fraction of sp³-hybridized carbons (Fsp3) is 0. The molecule has 0 bridgehead atoms. The fourth-order valence-electron chi connectivity index (χ4n) is 2.42. The highest BCUT2D eigenvalue weighted by Gasteiger charge is 2.19. The van der Waals surface area contributed by atoms with Crippen molar-refractivity contribution >= 4 is 23.2 Å². The molecule has 1 aromatic heterocycles. The molecule has 25 heavy (non-hydrogen) atoms. The number of hydrogen-bond acceptors (Lipinski definition) is 3. The van der Waals surface area contributed by atoms with Gasteiger partial charge in [0.15, 0.2) is 5.78 Å². The Kier molecular flexibility index (Phi) is 4.37. The lowest BCUT2D eigenvalue weighted by atomic mass is 10.0. The number of rotatable bonds is 3. The predicted octanol–water partition coefficient (Wildman–Crippen LogP) is 3.58. The first kappa shape index (κ1) is 16.9. The third-order valence-corrected chi connectivity index (χ3v) is 3.94. The van der Waals surface area contributed by atoms with E-state index >= 15 is 0 Å². The SMILES string of the molecule is Nc1c(C(=O)c2ccc(F)c(Cl)c2)ccc(=O)n1-c1ccccc1F. The van der Waals surface area contributed by atoms with E-state index in [1.165, 1.54) is 30.3 Å². The van der Waals surface area contributed by atoms with Gasteiger partial charge in [-0.25, -0.2) is 8.78 Å². The van der Waals surface area contributed by atoms with Crippen LogP contribution in [0.1, 0.15) is 15.9 Å². The minimum atomic E-state index is -0.664. The van der Waals surface area contributed by atoms with Gasteiger partial charge in [-0.3, -0.25) is 14.2 Å². The molecule has 0 amide bonds. The molecule has 0 radical (unpaired) electrons. The Balaban J connectivity index is 2.17. The lowest BCUT2D eigenvalue weighted by Gasteiger charge is -2.13. The summed E-state index contributed by atoms with van der Waals surface area (Å²) in [5, 5.41) is -0.216. The number of carbonyl (C=O) groups excluding carboxylic acids is 1. The number of nitrogens with zero attached hydrogens (tertiary/aromatic N) is 1. The van der Waals surface area contributed by atoms with Crippen LogP contribution in [0.4, 0.5) is 14.6 Å². The largest absolute Gasteiger partial charge is 0.384 e. The van der Waals surface area contributed by atoms with Crippen LogP contribution >= 0.6 is 11.6 Å². The van der Waals surface area contributed by atoms with Crippen molar-refractivity contribution in [2.75, 3.05) is 5.73 Å². The van der Waals surface area contributed by atoms with Crippen molar-refractivity contribution in [2.45, 2.75) is 0 Å². The maximum Gasteiger partial charge on any atom is 0.256 e. The molecule has 1 heterocycles. The van der Waals surface area contributed by atoms with Gasteiger partial charge in [-0.1, -0.05) is 23.7 Å². The van der Waals surface area contributed by atoms with Crippen LogP contribution in [0.5, 0.6) is 0 Å². The fourth-order valence-corrected chi connectivity index (χ4v) is 2.60. The topological polar surface area (TPSA) is 65.1 Å². The number of anilines is 1. The third kappa shape index (κ3) is 3.04. The first-order chi connectivity index (χ1) is 11.9. The van der Waals surface area contributed by atoms with E-state index in [0.717, 1.165) is 22.8 Å². The average molecular weight is 361 g/mol. The lowest BCUT2D eigenvalue weighted by molar-refractivity contribution is 0.103. The van der Waals surface area contributed by atoms with Crippen LogP contribution in [0.2, 0.25) is 5.02 Å². The molecule has 0 saturated carbocycles. The van der Waals surface area contributed by atoms with Crippen LogP contribution in [-0.4, -0.2) is 10.4 Å². The minimum Gasteiger partial charge on any atom is -0.384 e. The van der Waals surface area contributed by atoms with Crippen molar-refractivity contribution in [1.29, 1.82) is 0 Å². The van der Waals surface area contributed by atoms with Gasteiger partial charge in [0, 0.05) is 11.6 Å². The van der Waals surface area contributed by atoms with Gasteiger partial charge in [-0.15, -0.1) is 0 Å². The number of para-hydroxylation sites is 1. The number of carbonyl (C=O) groups is 1. The van der Waals surface area contributed by atoms with Gasteiger partial charge in [0.1, 0.15) is 17.5 Å². The Morgan fingerprint density at radius 2 is 1.72 bits per heavy atom. The Hall–Kier alpha value is -2.99. The molecule has 0 atom stereocenters. The maximum absolute atomic E-state index is 14.0. The number of nitrogen functional groups attached to an aromatic ring is 1. The van der Waals surface area contributed by atoms with Crippen molar-refractivity contribution in [2.24, 2.45) is 0 Å². The van der Waals surface area contributed by atoms with Crippen molar-refractivity contribution in [3.05, 3.63) is 92.7 Å². The molecule has 0 aliphatic carbocycles. The van der Waals surface area contributed by atoms with E-state index in [-0.39, 0.29) is 27.7 Å². The highest BCUT2D eigenvalue weighted by Crippen LogP contribution is 2.22. The first-order valence-electron chi connectivity index (χ1n) is 7.16. The van der Waals surface area contributed by atoms with Crippen LogP contribution in [-0.2, 0) is 0 Å². The molecule has 0 saturated heterocycles. The standard InChI is InChI=1S/C18H11ClF2N2O2/c19-12-9-10(5-7-13(12)20)17(25)11-6-8-16(24)23(18(11)22)15-4-2-1-3-14(15)21/h1-9H,22H2. The van der Waals surface area contributed by atoms with Crippen LogP contribution in [0.25, 0.3) is 5.69 Å². The summed E-state index contributed by atoms with van der Waals surface area (Å²) in [5.74, 6) is -2.11. The molecule has 0 spiro atoms. The van der Waals surface area contributed by atoms with E-state index in [2.05, 4.69) is 0 Å². The number of pyridine rings is 1. The van der Waals surface area contributed by atoms with Gasteiger partial charge in [-0.05, 0) is 36.4 Å². The zero-order valence-corrected chi connectivity index (χ0v) is 13.4. The van der Waals surface area contributed by atoms with Gasteiger partial charge in [-0.2, -0.15) is 0 Å².